The van der Waals surface area contributed by atoms with Gasteiger partial charge in [-0.1, -0.05) is 78.9 Å². The van der Waals surface area contributed by atoms with Gasteiger partial charge in [-0.3, -0.25) is 9.59 Å². The van der Waals surface area contributed by atoms with Gasteiger partial charge in [0.25, 0.3) is 0 Å². The molecule has 0 saturated heterocycles. The SMILES string of the molecule is COc1ccc(C(OCCCNc2ccc(NCCCO)c3c2C(=O)c2ccccc2C3=O)(c2ccccc2)c2ccc(OC)cc2)cc1. The maximum Gasteiger partial charge on any atom is 0.196 e. The Labute approximate surface area is 286 Å². The van der Waals surface area contributed by atoms with Gasteiger partial charge in [-0.25, -0.2) is 0 Å². The van der Waals surface area contributed by atoms with Crippen molar-refractivity contribution in [1.29, 1.82) is 0 Å². The topological polar surface area (TPSA) is 106 Å². The van der Waals surface area contributed by atoms with E-state index in [-0.39, 0.29) is 18.2 Å². The van der Waals surface area contributed by atoms with Crippen LogP contribution in [0.25, 0.3) is 0 Å². The number of benzene rings is 5. The molecule has 8 nitrogen and oxygen atoms in total. The maximum absolute atomic E-state index is 13.8. The zero-order valence-electron chi connectivity index (χ0n) is 27.7. The van der Waals surface area contributed by atoms with E-state index in [1.165, 1.54) is 0 Å². The number of nitrogens with one attached hydrogen (secondary N) is 2. The molecule has 0 amide bonds. The maximum atomic E-state index is 13.8. The van der Waals surface area contributed by atoms with E-state index in [2.05, 4.69) is 22.8 Å². The quantitative estimate of drug-likeness (QED) is 0.0796. The number of ketones is 2. The van der Waals surface area contributed by atoms with Gasteiger partial charge in [0.15, 0.2) is 11.6 Å². The average molecular weight is 657 g/mol. The summed E-state index contributed by atoms with van der Waals surface area (Å²) < 4.78 is 17.9. The first-order valence-electron chi connectivity index (χ1n) is 16.4. The molecule has 6 rings (SSSR count). The van der Waals surface area contributed by atoms with E-state index in [4.69, 9.17) is 14.2 Å². The van der Waals surface area contributed by atoms with Crippen molar-refractivity contribution in [3.05, 3.63) is 154 Å². The number of aliphatic hydroxyl groups excluding tert-OH is 1. The third-order valence-electron chi connectivity index (χ3n) is 8.85. The second-order valence-corrected chi connectivity index (χ2v) is 11.8. The van der Waals surface area contributed by atoms with Gasteiger partial charge in [0.05, 0.1) is 32.0 Å². The number of ether oxygens (including phenoxy) is 3. The summed E-state index contributed by atoms with van der Waals surface area (Å²) in [6.07, 6.45) is 1.12. The minimum atomic E-state index is -0.938. The number of anilines is 2. The minimum absolute atomic E-state index is 0.0229. The standard InChI is InChI=1S/C41H40N2O6/c1-47-31-18-14-29(15-19-31)41(28-10-4-3-5-11-28,30-16-20-32(48-2)21-17-30)49-27-9-25-43-36-23-22-35(42-24-8-26-44)37-38(36)40(46)34-13-7-6-12-33(34)39(37)45/h3-7,10-23,42-44H,8-9,24-27H2,1-2H3. The average Bonchev–Trinajstić information content (AvgIpc) is 3.16. The molecule has 0 fully saturated rings. The molecule has 0 bridgehead atoms. The Kier molecular flexibility index (Phi) is 10.4. The second-order valence-electron chi connectivity index (χ2n) is 11.8. The second kappa shape index (κ2) is 15.2. The fraction of sp³-hybridized carbons (Fsp3) is 0.220. The smallest absolute Gasteiger partial charge is 0.196 e. The predicted molar refractivity (Wildman–Crippen MR) is 191 cm³/mol. The van der Waals surface area contributed by atoms with E-state index in [9.17, 15) is 14.7 Å². The van der Waals surface area contributed by atoms with Gasteiger partial charge in [-0.15, -0.1) is 0 Å². The summed E-state index contributed by atoms with van der Waals surface area (Å²) in [4.78, 5) is 27.6. The minimum Gasteiger partial charge on any atom is -0.497 e. The number of carbonyl (C=O) groups is 2. The van der Waals surface area contributed by atoms with Crippen LogP contribution in [0.3, 0.4) is 0 Å². The Morgan fingerprint density at radius 1 is 0.571 bits per heavy atom. The van der Waals surface area contributed by atoms with Crippen molar-refractivity contribution in [2.45, 2.75) is 18.4 Å². The number of rotatable bonds is 15. The zero-order valence-corrected chi connectivity index (χ0v) is 27.7. The van der Waals surface area contributed by atoms with Gasteiger partial charge >= 0.3 is 0 Å². The van der Waals surface area contributed by atoms with Crippen LogP contribution in [0.4, 0.5) is 11.4 Å². The first-order chi connectivity index (χ1) is 24.0. The third-order valence-corrected chi connectivity index (χ3v) is 8.85. The van der Waals surface area contributed by atoms with Crippen molar-refractivity contribution in [3.8, 4) is 11.5 Å². The van der Waals surface area contributed by atoms with Crippen molar-refractivity contribution in [2.24, 2.45) is 0 Å². The van der Waals surface area contributed by atoms with E-state index in [0.717, 1.165) is 28.2 Å². The van der Waals surface area contributed by atoms with Crippen molar-refractivity contribution < 1.29 is 28.9 Å². The molecule has 5 aromatic carbocycles. The molecule has 0 spiro atoms. The van der Waals surface area contributed by atoms with Crippen LogP contribution >= 0.6 is 0 Å². The monoisotopic (exact) mass is 656 g/mol. The Hall–Kier alpha value is -5.44. The van der Waals surface area contributed by atoms with Crippen LogP contribution in [0.15, 0.2) is 115 Å². The molecule has 0 aliphatic heterocycles. The normalized spacial score (nSPS) is 12.2. The van der Waals surface area contributed by atoms with E-state index in [0.29, 0.717) is 66.2 Å². The van der Waals surface area contributed by atoms with Crippen molar-refractivity contribution in [1.82, 2.24) is 0 Å². The van der Waals surface area contributed by atoms with Crippen LogP contribution in [0, 0.1) is 0 Å². The largest absolute Gasteiger partial charge is 0.497 e. The molecule has 5 aromatic rings. The summed E-state index contributed by atoms with van der Waals surface area (Å²) in [6, 6.07) is 36.5. The van der Waals surface area contributed by atoms with Crippen LogP contribution < -0.4 is 20.1 Å². The van der Waals surface area contributed by atoms with Gasteiger partial charge < -0.3 is 30.0 Å². The van der Waals surface area contributed by atoms with Crippen LogP contribution in [-0.4, -0.2) is 57.2 Å². The fourth-order valence-corrected chi connectivity index (χ4v) is 6.41. The van der Waals surface area contributed by atoms with Gasteiger partial charge in [0.1, 0.15) is 17.1 Å². The molecule has 8 heteroatoms. The van der Waals surface area contributed by atoms with Crippen molar-refractivity contribution in [2.75, 3.05) is 51.2 Å². The fourth-order valence-electron chi connectivity index (χ4n) is 6.41. The molecule has 0 aromatic heterocycles. The molecule has 3 N–H and O–H groups in total. The lowest BCUT2D eigenvalue weighted by Gasteiger charge is -2.36. The molecule has 49 heavy (non-hydrogen) atoms. The molecule has 0 unspecified atom stereocenters. The summed E-state index contributed by atoms with van der Waals surface area (Å²) in [7, 11) is 3.29. The highest BCUT2D eigenvalue weighted by Crippen LogP contribution is 2.42. The number of hydrogen-bond acceptors (Lipinski definition) is 8. The van der Waals surface area contributed by atoms with E-state index < -0.39 is 5.60 Å². The van der Waals surface area contributed by atoms with Gasteiger partial charge in [0, 0.05) is 42.2 Å². The molecule has 0 heterocycles. The lowest BCUT2D eigenvalue weighted by Crippen LogP contribution is -2.33. The molecule has 1 aliphatic rings. The zero-order chi connectivity index (χ0) is 34.2. The molecular formula is C41H40N2O6. The predicted octanol–water partition coefficient (Wildman–Crippen LogP) is 7.08. The Morgan fingerprint density at radius 3 is 1.49 bits per heavy atom. The number of carbonyl (C=O) groups excluding carboxylic acids is 2. The van der Waals surface area contributed by atoms with Crippen molar-refractivity contribution >= 4 is 22.9 Å². The lowest BCUT2D eigenvalue weighted by atomic mass is 9.80. The molecular weight excluding hydrogens is 616 g/mol. The molecule has 0 saturated carbocycles. The van der Waals surface area contributed by atoms with Gasteiger partial charge in [0.2, 0.25) is 0 Å². The summed E-state index contributed by atoms with van der Waals surface area (Å²) in [6.45, 7) is 1.36. The summed E-state index contributed by atoms with van der Waals surface area (Å²) in [5.74, 6) is 1.10. The molecule has 0 radical (unpaired) electrons. The third kappa shape index (κ3) is 6.66. The lowest BCUT2D eigenvalue weighted by molar-refractivity contribution is 0.0127. The first-order valence-corrected chi connectivity index (χ1v) is 16.4. The molecule has 0 atom stereocenters. The van der Waals surface area contributed by atoms with Gasteiger partial charge in [-0.05, 0) is 65.9 Å². The Morgan fingerprint density at radius 2 is 1.02 bits per heavy atom. The highest BCUT2D eigenvalue weighted by atomic mass is 16.5. The van der Waals surface area contributed by atoms with Crippen LogP contribution in [0.2, 0.25) is 0 Å². The summed E-state index contributed by atoms with van der Waals surface area (Å²) in [5.41, 5.74) is 4.59. The number of aliphatic hydroxyl groups is 1. The van der Waals surface area contributed by atoms with E-state index in [1.54, 1.807) is 38.5 Å². The summed E-state index contributed by atoms with van der Waals surface area (Å²) in [5, 5.41) is 16.0. The number of fused-ring (bicyclic) bond motifs is 2. The summed E-state index contributed by atoms with van der Waals surface area (Å²) >= 11 is 0. The Bertz CT molecular complexity index is 1860. The first kappa shape index (κ1) is 33.5. The van der Waals surface area contributed by atoms with Gasteiger partial charge in [-0.2, -0.15) is 0 Å². The number of methoxy groups -OCH3 is 2. The van der Waals surface area contributed by atoms with Crippen LogP contribution in [0.1, 0.15) is 61.4 Å². The number of hydrogen-bond donors (Lipinski definition) is 3. The molecule has 1 aliphatic carbocycles. The molecule has 250 valence electrons. The van der Waals surface area contributed by atoms with E-state index in [1.807, 2.05) is 78.9 Å². The van der Waals surface area contributed by atoms with Crippen LogP contribution in [-0.2, 0) is 10.3 Å². The van der Waals surface area contributed by atoms with Crippen molar-refractivity contribution in [3.63, 3.8) is 0 Å². The Balaban J connectivity index is 1.28. The van der Waals surface area contributed by atoms with E-state index >= 15 is 0 Å². The van der Waals surface area contributed by atoms with Crippen LogP contribution in [0.5, 0.6) is 11.5 Å². The highest BCUT2D eigenvalue weighted by Gasteiger charge is 2.38. The highest BCUT2D eigenvalue weighted by molar-refractivity contribution is 6.31.